The summed E-state index contributed by atoms with van der Waals surface area (Å²) in [6.07, 6.45) is 6.79. The number of fused-ring (bicyclic) bond motifs is 1. The van der Waals surface area contributed by atoms with Crippen molar-refractivity contribution in [2.75, 3.05) is 18.4 Å². The lowest BCUT2D eigenvalue weighted by Crippen LogP contribution is -2.28. The number of benzene rings is 1. The number of hydrogen-bond donors (Lipinski definition) is 2. The van der Waals surface area contributed by atoms with Crippen molar-refractivity contribution in [3.63, 3.8) is 0 Å². The fourth-order valence-electron chi connectivity index (χ4n) is 2.25. The van der Waals surface area contributed by atoms with Crippen molar-refractivity contribution in [1.82, 2.24) is 20.3 Å². The zero-order valence-electron chi connectivity index (χ0n) is 12.8. The quantitative estimate of drug-likeness (QED) is 0.706. The number of nitrogens with zero attached hydrogens (tertiary/aromatic N) is 3. The van der Waals surface area contributed by atoms with Crippen LogP contribution in [0.2, 0.25) is 0 Å². The van der Waals surface area contributed by atoms with Gasteiger partial charge in [0.1, 0.15) is 0 Å². The lowest BCUT2D eigenvalue weighted by Gasteiger charge is -2.10. The maximum atomic E-state index is 12.2. The second-order valence-corrected chi connectivity index (χ2v) is 5.13. The minimum absolute atomic E-state index is 0.120. The van der Waals surface area contributed by atoms with E-state index < -0.39 is 0 Å². The third-order valence-electron chi connectivity index (χ3n) is 3.48. The minimum atomic E-state index is -0.120. The van der Waals surface area contributed by atoms with Crippen LogP contribution in [0.4, 0.5) is 5.69 Å². The van der Waals surface area contributed by atoms with Crippen LogP contribution in [0.3, 0.4) is 0 Å². The number of pyridine rings is 1. The summed E-state index contributed by atoms with van der Waals surface area (Å²) in [7, 11) is 0. The van der Waals surface area contributed by atoms with Crippen molar-refractivity contribution in [2.24, 2.45) is 0 Å². The maximum Gasteiger partial charge on any atom is 0.251 e. The molecule has 6 heteroatoms. The average molecular weight is 307 g/mol. The van der Waals surface area contributed by atoms with Crippen LogP contribution in [-0.4, -0.2) is 33.9 Å². The second-order valence-electron chi connectivity index (χ2n) is 5.13. The van der Waals surface area contributed by atoms with Crippen molar-refractivity contribution in [2.45, 2.75) is 6.92 Å². The van der Waals surface area contributed by atoms with Gasteiger partial charge in [0.25, 0.3) is 5.91 Å². The molecule has 0 radical (unpaired) electrons. The van der Waals surface area contributed by atoms with Gasteiger partial charge in [-0.2, -0.15) is 0 Å². The van der Waals surface area contributed by atoms with E-state index in [0.29, 0.717) is 24.2 Å². The Morgan fingerprint density at radius 3 is 2.70 bits per heavy atom. The minimum Gasteiger partial charge on any atom is -0.383 e. The largest absolute Gasteiger partial charge is 0.383 e. The third-order valence-corrected chi connectivity index (χ3v) is 3.48. The molecular weight excluding hydrogens is 290 g/mol. The van der Waals surface area contributed by atoms with Crippen molar-refractivity contribution in [1.29, 1.82) is 0 Å². The molecule has 0 spiro atoms. The molecule has 0 aliphatic rings. The van der Waals surface area contributed by atoms with Crippen molar-refractivity contribution in [3.05, 3.63) is 60.2 Å². The molecule has 0 aliphatic carbocycles. The van der Waals surface area contributed by atoms with Crippen molar-refractivity contribution >= 4 is 22.6 Å². The third kappa shape index (κ3) is 3.60. The van der Waals surface area contributed by atoms with Crippen molar-refractivity contribution < 1.29 is 4.79 Å². The molecule has 1 aromatic carbocycles. The highest BCUT2D eigenvalue weighted by Crippen LogP contribution is 2.11. The Kier molecular flexibility index (Phi) is 4.42. The molecule has 3 rings (SSSR count). The highest BCUT2D eigenvalue weighted by molar-refractivity contribution is 5.97. The van der Waals surface area contributed by atoms with Crippen LogP contribution in [0.1, 0.15) is 15.9 Å². The van der Waals surface area contributed by atoms with Crippen LogP contribution in [0.15, 0.2) is 49.1 Å². The van der Waals surface area contributed by atoms with Gasteiger partial charge < -0.3 is 10.6 Å². The Labute approximate surface area is 134 Å². The average Bonchev–Trinajstić information content (AvgIpc) is 2.59. The van der Waals surface area contributed by atoms with Gasteiger partial charge in [0.15, 0.2) is 0 Å². The Morgan fingerprint density at radius 2 is 1.87 bits per heavy atom. The van der Waals surface area contributed by atoms with Crippen LogP contribution < -0.4 is 10.6 Å². The zero-order valence-corrected chi connectivity index (χ0v) is 12.8. The number of carbonyl (C=O) groups excluding carboxylic acids is 1. The summed E-state index contributed by atoms with van der Waals surface area (Å²) in [5.41, 5.74) is 4.17. The molecule has 2 N–H and O–H groups in total. The maximum absolute atomic E-state index is 12.2. The number of amides is 1. The molecule has 0 saturated carbocycles. The van der Waals surface area contributed by atoms with Crippen LogP contribution in [-0.2, 0) is 0 Å². The number of anilines is 1. The molecule has 0 unspecified atom stereocenters. The van der Waals surface area contributed by atoms with Gasteiger partial charge in [-0.1, -0.05) is 0 Å². The van der Waals surface area contributed by atoms with E-state index in [2.05, 4.69) is 25.6 Å². The number of rotatable bonds is 5. The summed E-state index contributed by atoms with van der Waals surface area (Å²) in [5, 5.41) is 6.16. The molecule has 116 valence electrons. The highest BCUT2D eigenvalue weighted by Gasteiger charge is 2.06. The summed E-state index contributed by atoms with van der Waals surface area (Å²) in [6.45, 7) is 3.16. The van der Waals surface area contributed by atoms with Crippen LogP contribution in [0.25, 0.3) is 11.0 Å². The summed E-state index contributed by atoms with van der Waals surface area (Å²) in [6, 6.07) is 7.22. The van der Waals surface area contributed by atoms with E-state index >= 15 is 0 Å². The lowest BCUT2D eigenvalue weighted by atomic mass is 10.2. The summed E-state index contributed by atoms with van der Waals surface area (Å²) in [4.78, 5) is 24.6. The number of hydrogen-bond acceptors (Lipinski definition) is 5. The Hall–Kier alpha value is -3.02. The Bertz CT molecular complexity index is 834. The molecule has 0 bridgehead atoms. The van der Waals surface area contributed by atoms with E-state index in [1.807, 2.05) is 13.0 Å². The van der Waals surface area contributed by atoms with Crippen molar-refractivity contribution in [3.8, 4) is 0 Å². The first-order valence-corrected chi connectivity index (χ1v) is 7.37. The van der Waals surface area contributed by atoms with Gasteiger partial charge in [0.2, 0.25) is 0 Å². The smallest absolute Gasteiger partial charge is 0.251 e. The SMILES string of the molecule is Cc1cnccc1NCCNC(=O)c1ccc2nccnc2c1. The summed E-state index contributed by atoms with van der Waals surface area (Å²) < 4.78 is 0. The zero-order chi connectivity index (χ0) is 16.1. The summed E-state index contributed by atoms with van der Waals surface area (Å²) in [5.74, 6) is -0.120. The molecule has 0 atom stereocenters. The lowest BCUT2D eigenvalue weighted by molar-refractivity contribution is 0.0955. The number of aromatic nitrogens is 3. The molecule has 0 aliphatic heterocycles. The topological polar surface area (TPSA) is 79.8 Å². The van der Waals surface area contributed by atoms with Gasteiger partial charge in [-0.15, -0.1) is 0 Å². The van der Waals surface area contributed by atoms with E-state index in [-0.39, 0.29) is 5.91 Å². The molecule has 2 aromatic heterocycles. The Morgan fingerprint density at radius 1 is 1.04 bits per heavy atom. The number of carbonyl (C=O) groups is 1. The van der Waals surface area contributed by atoms with Crippen LogP contribution in [0, 0.1) is 6.92 Å². The van der Waals surface area contributed by atoms with Gasteiger partial charge in [0.05, 0.1) is 11.0 Å². The number of aryl methyl sites for hydroxylation is 1. The molecule has 0 saturated heterocycles. The fraction of sp³-hybridized carbons (Fsp3) is 0.176. The van der Waals surface area contributed by atoms with E-state index in [0.717, 1.165) is 16.8 Å². The van der Waals surface area contributed by atoms with E-state index in [9.17, 15) is 4.79 Å². The fourth-order valence-corrected chi connectivity index (χ4v) is 2.25. The molecule has 23 heavy (non-hydrogen) atoms. The monoisotopic (exact) mass is 307 g/mol. The number of nitrogens with one attached hydrogen (secondary N) is 2. The van der Waals surface area contributed by atoms with E-state index in [1.165, 1.54) is 0 Å². The molecular formula is C17H17N5O. The predicted molar refractivity (Wildman–Crippen MR) is 89.3 cm³/mol. The van der Waals surface area contributed by atoms with Gasteiger partial charge in [0, 0.05) is 49.1 Å². The second kappa shape index (κ2) is 6.83. The van der Waals surface area contributed by atoms with Gasteiger partial charge in [-0.05, 0) is 36.8 Å². The first-order valence-electron chi connectivity index (χ1n) is 7.37. The van der Waals surface area contributed by atoms with E-state index in [1.54, 1.807) is 43.0 Å². The molecule has 0 fully saturated rings. The van der Waals surface area contributed by atoms with Gasteiger partial charge in [-0.25, -0.2) is 0 Å². The normalized spacial score (nSPS) is 10.5. The molecule has 6 nitrogen and oxygen atoms in total. The predicted octanol–water partition coefficient (Wildman–Crippen LogP) is 2.18. The molecule has 3 aromatic rings. The summed E-state index contributed by atoms with van der Waals surface area (Å²) >= 11 is 0. The standard InChI is InChI=1S/C17H17N5O/c1-12-11-18-5-4-14(12)19-8-9-22-17(23)13-2-3-15-16(10-13)21-7-6-20-15/h2-7,10-11H,8-9H2,1H3,(H,18,19)(H,22,23). The molecule has 1 amide bonds. The van der Waals surface area contributed by atoms with Gasteiger partial charge in [-0.3, -0.25) is 19.7 Å². The highest BCUT2D eigenvalue weighted by atomic mass is 16.1. The first kappa shape index (κ1) is 14.9. The van der Waals surface area contributed by atoms with Crippen LogP contribution in [0.5, 0.6) is 0 Å². The first-order chi connectivity index (χ1) is 11.2. The Balaban J connectivity index is 1.55. The van der Waals surface area contributed by atoms with Gasteiger partial charge >= 0.3 is 0 Å². The van der Waals surface area contributed by atoms with Crippen LogP contribution >= 0.6 is 0 Å². The molecule has 2 heterocycles. The van der Waals surface area contributed by atoms with E-state index in [4.69, 9.17) is 0 Å².